The van der Waals surface area contributed by atoms with Crippen LogP contribution in [0, 0.1) is 17.6 Å². The van der Waals surface area contributed by atoms with Gasteiger partial charge in [0.05, 0.1) is 12.1 Å². The molecule has 1 aromatic rings. The highest BCUT2D eigenvalue weighted by molar-refractivity contribution is 5.96. The Morgan fingerprint density at radius 1 is 1.19 bits per heavy atom. The van der Waals surface area contributed by atoms with E-state index in [1.807, 2.05) is 0 Å². The average Bonchev–Trinajstić information content (AvgIpc) is 2.40. The third-order valence-corrected chi connectivity index (χ3v) is 2.87. The summed E-state index contributed by atoms with van der Waals surface area (Å²) in [4.78, 5) is 23.1. The van der Waals surface area contributed by atoms with E-state index in [1.54, 1.807) is 0 Å². The Labute approximate surface area is 122 Å². The van der Waals surface area contributed by atoms with Gasteiger partial charge in [-0.25, -0.2) is 8.78 Å². The van der Waals surface area contributed by atoms with Crippen molar-refractivity contribution in [3.05, 3.63) is 35.4 Å². The van der Waals surface area contributed by atoms with Crippen molar-refractivity contribution in [1.82, 2.24) is 10.6 Å². The predicted octanol–water partition coefficient (Wildman–Crippen LogP) is 2.25. The summed E-state index contributed by atoms with van der Waals surface area (Å²) in [5.74, 6) is -2.22. The van der Waals surface area contributed by atoms with Crippen molar-refractivity contribution in [2.45, 2.75) is 26.7 Å². The number of hydrogen-bond acceptors (Lipinski definition) is 2. The van der Waals surface area contributed by atoms with Crippen LogP contribution < -0.4 is 10.6 Å². The molecule has 0 heterocycles. The lowest BCUT2D eigenvalue weighted by atomic mass is 10.1. The molecular weight excluding hydrogens is 278 g/mol. The summed E-state index contributed by atoms with van der Waals surface area (Å²) in [5, 5.41) is 4.96. The largest absolute Gasteiger partial charge is 0.355 e. The number of rotatable bonds is 7. The van der Waals surface area contributed by atoms with Crippen LogP contribution >= 0.6 is 0 Å². The Hall–Kier alpha value is -1.98. The molecule has 0 bridgehead atoms. The van der Waals surface area contributed by atoms with Crippen molar-refractivity contribution in [2.24, 2.45) is 5.92 Å². The first-order valence-corrected chi connectivity index (χ1v) is 6.90. The van der Waals surface area contributed by atoms with Crippen LogP contribution in [0.1, 0.15) is 37.0 Å². The summed E-state index contributed by atoms with van der Waals surface area (Å²) in [6.45, 7) is 4.49. The van der Waals surface area contributed by atoms with Crippen molar-refractivity contribution in [3.63, 3.8) is 0 Å². The van der Waals surface area contributed by atoms with Gasteiger partial charge < -0.3 is 10.6 Å². The molecule has 21 heavy (non-hydrogen) atoms. The molecule has 1 rings (SSSR count). The number of carbonyl (C=O) groups excluding carboxylic acids is 2. The molecule has 0 saturated carbocycles. The predicted molar refractivity (Wildman–Crippen MR) is 75.8 cm³/mol. The van der Waals surface area contributed by atoms with Crippen LogP contribution in [0.15, 0.2) is 18.2 Å². The molecule has 0 aliphatic rings. The van der Waals surface area contributed by atoms with Gasteiger partial charge >= 0.3 is 0 Å². The minimum absolute atomic E-state index is 0.239. The highest BCUT2D eigenvalue weighted by Gasteiger charge is 2.13. The summed E-state index contributed by atoms with van der Waals surface area (Å²) in [5.41, 5.74) is -0.288. The molecule has 0 atom stereocenters. The zero-order valence-electron chi connectivity index (χ0n) is 12.2. The summed E-state index contributed by atoms with van der Waals surface area (Å²) in [7, 11) is 0. The van der Waals surface area contributed by atoms with Gasteiger partial charge in [-0.05, 0) is 30.9 Å². The summed E-state index contributed by atoms with van der Waals surface area (Å²) < 4.78 is 26.1. The van der Waals surface area contributed by atoms with E-state index < -0.39 is 17.5 Å². The second-order valence-corrected chi connectivity index (χ2v) is 5.19. The Balaban J connectivity index is 2.34. The molecule has 4 nitrogen and oxygen atoms in total. The fourth-order valence-electron chi connectivity index (χ4n) is 1.73. The number of amides is 2. The number of nitrogens with one attached hydrogen (secondary N) is 2. The van der Waals surface area contributed by atoms with E-state index in [0.29, 0.717) is 18.5 Å². The van der Waals surface area contributed by atoms with E-state index in [1.165, 1.54) is 0 Å². The highest BCUT2D eigenvalue weighted by Crippen LogP contribution is 2.09. The first kappa shape index (κ1) is 17.1. The fraction of sp³-hybridized carbons (Fsp3) is 0.467. The quantitative estimate of drug-likeness (QED) is 0.759. The van der Waals surface area contributed by atoms with Gasteiger partial charge in [-0.2, -0.15) is 0 Å². The molecule has 0 radical (unpaired) electrons. The minimum atomic E-state index is -0.954. The van der Waals surface area contributed by atoms with Crippen molar-refractivity contribution >= 4 is 11.8 Å². The topological polar surface area (TPSA) is 58.2 Å². The molecule has 116 valence electrons. The zero-order chi connectivity index (χ0) is 15.8. The van der Waals surface area contributed by atoms with Crippen LogP contribution in [0.25, 0.3) is 0 Å². The molecule has 0 aliphatic heterocycles. The summed E-state index contributed by atoms with van der Waals surface area (Å²) in [6.07, 6.45) is 1.87. The normalized spacial score (nSPS) is 10.5. The lowest BCUT2D eigenvalue weighted by molar-refractivity contribution is -0.120. The molecule has 0 unspecified atom stereocenters. The highest BCUT2D eigenvalue weighted by atomic mass is 19.1. The zero-order valence-corrected chi connectivity index (χ0v) is 12.2. The molecule has 0 aliphatic carbocycles. The van der Waals surface area contributed by atoms with Gasteiger partial charge in [0.2, 0.25) is 5.91 Å². The van der Waals surface area contributed by atoms with E-state index >= 15 is 0 Å². The van der Waals surface area contributed by atoms with Gasteiger partial charge in [0.15, 0.2) is 0 Å². The lowest BCUT2D eigenvalue weighted by Crippen LogP contribution is -2.37. The molecule has 0 saturated heterocycles. The standard InChI is InChI=1S/C15H20F2N2O2/c1-10(2)4-3-7-18-14(20)9-19-15(21)12-6-5-11(16)8-13(12)17/h5-6,8,10H,3-4,7,9H2,1-2H3,(H,18,20)(H,19,21). The maximum atomic E-state index is 13.3. The van der Waals surface area contributed by atoms with Crippen molar-refractivity contribution in [3.8, 4) is 0 Å². The van der Waals surface area contributed by atoms with Gasteiger partial charge in [-0.1, -0.05) is 13.8 Å². The number of hydrogen-bond donors (Lipinski definition) is 2. The Morgan fingerprint density at radius 3 is 2.52 bits per heavy atom. The maximum Gasteiger partial charge on any atom is 0.254 e. The average molecular weight is 298 g/mol. The first-order chi connectivity index (χ1) is 9.90. The summed E-state index contributed by atoms with van der Waals surface area (Å²) in [6, 6.07) is 2.66. The van der Waals surface area contributed by atoms with Gasteiger partial charge in [-0.15, -0.1) is 0 Å². The molecule has 0 fully saturated rings. The van der Waals surface area contributed by atoms with E-state index in [-0.39, 0.29) is 18.0 Å². The lowest BCUT2D eigenvalue weighted by Gasteiger charge is -2.08. The first-order valence-electron chi connectivity index (χ1n) is 6.90. The van der Waals surface area contributed by atoms with Gasteiger partial charge in [-0.3, -0.25) is 9.59 Å². The van der Waals surface area contributed by atoms with Crippen molar-refractivity contribution in [1.29, 1.82) is 0 Å². The second-order valence-electron chi connectivity index (χ2n) is 5.19. The molecule has 2 amide bonds. The number of halogens is 2. The van der Waals surface area contributed by atoms with E-state index in [0.717, 1.165) is 25.0 Å². The van der Waals surface area contributed by atoms with E-state index in [2.05, 4.69) is 24.5 Å². The van der Waals surface area contributed by atoms with Crippen LogP contribution in [0.2, 0.25) is 0 Å². The monoisotopic (exact) mass is 298 g/mol. The SMILES string of the molecule is CC(C)CCCNC(=O)CNC(=O)c1ccc(F)cc1F. The Morgan fingerprint density at radius 2 is 1.90 bits per heavy atom. The minimum Gasteiger partial charge on any atom is -0.355 e. The smallest absolute Gasteiger partial charge is 0.254 e. The Bertz CT molecular complexity index is 504. The molecule has 0 spiro atoms. The second kappa shape index (κ2) is 8.34. The van der Waals surface area contributed by atoms with E-state index in [9.17, 15) is 18.4 Å². The van der Waals surface area contributed by atoms with E-state index in [4.69, 9.17) is 0 Å². The van der Waals surface area contributed by atoms with Crippen LogP contribution in [-0.4, -0.2) is 24.9 Å². The van der Waals surface area contributed by atoms with Crippen LogP contribution in [0.4, 0.5) is 8.78 Å². The number of benzene rings is 1. The molecule has 6 heteroatoms. The van der Waals surface area contributed by atoms with Gasteiger partial charge in [0, 0.05) is 12.6 Å². The number of carbonyl (C=O) groups is 2. The molecule has 1 aromatic carbocycles. The summed E-state index contributed by atoms with van der Waals surface area (Å²) >= 11 is 0. The molecule has 0 aromatic heterocycles. The van der Waals surface area contributed by atoms with Crippen molar-refractivity contribution in [2.75, 3.05) is 13.1 Å². The Kier molecular flexibility index (Phi) is 6.78. The van der Waals surface area contributed by atoms with Crippen molar-refractivity contribution < 1.29 is 18.4 Å². The fourth-order valence-corrected chi connectivity index (χ4v) is 1.73. The van der Waals surface area contributed by atoms with Crippen LogP contribution in [0.5, 0.6) is 0 Å². The van der Waals surface area contributed by atoms with Crippen LogP contribution in [-0.2, 0) is 4.79 Å². The maximum absolute atomic E-state index is 13.3. The van der Waals surface area contributed by atoms with Gasteiger partial charge in [0.25, 0.3) is 5.91 Å². The van der Waals surface area contributed by atoms with Crippen LogP contribution in [0.3, 0.4) is 0 Å². The molecular formula is C15H20F2N2O2. The molecule has 2 N–H and O–H groups in total. The third-order valence-electron chi connectivity index (χ3n) is 2.87. The van der Waals surface area contributed by atoms with Gasteiger partial charge in [0.1, 0.15) is 11.6 Å². The third kappa shape index (κ3) is 6.33.